The Morgan fingerprint density at radius 1 is 1.12 bits per heavy atom. The van der Waals surface area contributed by atoms with E-state index >= 15 is 0 Å². The Kier molecular flexibility index (Phi) is 6.95. The summed E-state index contributed by atoms with van der Waals surface area (Å²) in [7, 11) is 1.20. The van der Waals surface area contributed by atoms with E-state index in [1.54, 1.807) is 7.11 Å². The van der Waals surface area contributed by atoms with Crippen molar-refractivity contribution in [3.05, 3.63) is 41.4 Å². The van der Waals surface area contributed by atoms with Crippen LogP contribution in [0.25, 0.3) is 0 Å². The Hall–Kier alpha value is -1.30. The number of aliphatic hydroxyl groups is 1. The van der Waals surface area contributed by atoms with E-state index in [1.807, 2.05) is 57.9 Å². The number of methoxy groups -OCH3 is 1. The summed E-state index contributed by atoms with van der Waals surface area (Å²) in [5.41, 5.74) is 1.04. The Bertz CT molecular complexity index is 591. The van der Waals surface area contributed by atoms with Gasteiger partial charge in [-0.2, -0.15) is 0 Å². The quantitative estimate of drug-likeness (QED) is 0.531. The summed E-state index contributed by atoms with van der Waals surface area (Å²) in [6.07, 6.45) is 3.47. The van der Waals surface area contributed by atoms with Gasteiger partial charge in [0.1, 0.15) is 5.75 Å². The van der Waals surface area contributed by atoms with Crippen LogP contribution in [-0.2, 0) is 9.31 Å². The van der Waals surface area contributed by atoms with Gasteiger partial charge in [-0.3, -0.25) is 0 Å². The molecule has 0 aliphatic carbocycles. The first-order chi connectivity index (χ1) is 12.2. The van der Waals surface area contributed by atoms with Crippen molar-refractivity contribution < 1.29 is 19.2 Å². The zero-order chi connectivity index (χ0) is 19.4. The van der Waals surface area contributed by atoms with Crippen LogP contribution < -0.4 is 4.74 Å². The second kappa shape index (κ2) is 8.60. The zero-order valence-corrected chi connectivity index (χ0v) is 17.0. The minimum absolute atomic E-state index is 0.381. The van der Waals surface area contributed by atoms with Crippen molar-refractivity contribution in [2.24, 2.45) is 0 Å². The predicted molar refractivity (Wildman–Crippen MR) is 106 cm³/mol. The van der Waals surface area contributed by atoms with Crippen LogP contribution in [0.5, 0.6) is 5.75 Å². The molecular formula is C21H33BO4. The molecule has 26 heavy (non-hydrogen) atoms. The fourth-order valence-corrected chi connectivity index (χ4v) is 3.02. The number of aliphatic hydroxyl groups excluding tert-OH is 1. The highest BCUT2D eigenvalue weighted by Crippen LogP contribution is 2.38. The third kappa shape index (κ3) is 4.90. The van der Waals surface area contributed by atoms with Gasteiger partial charge in [0.25, 0.3) is 0 Å². The van der Waals surface area contributed by atoms with E-state index in [1.165, 1.54) is 0 Å². The van der Waals surface area contributed by atoms with Gasteiger partial charge in [-0.05, 0) is 63.8 Å². The first-order valence-corrected chi connectivity index (χ1v) is 9.58. The molecule has 1 N–H and O–H groups in total. The zero-order valence-electron chi connectivity index (χ0n) is 17.0. The summed E-state index contributed by atoms with van der Waals surface area (Å²) in [5.74, 6) is 2.74. The summed E-state index contributed by atoms with van der Waals surface area (Å²) >= 11 is 0. The Labute approximate surface area is 158 Å². The van der Waals surface area contributed by atoms with Gasteiger partial charge in [0.15, 0.2) is 0 Å². The maximum absolute atomic E-state index is 10.9. The van der Waals surface area contributed by atoms with E-state index in [9.17, 15) is 5.11 Å². The molecule has 1 saturated heterocycles. The molecular weight excluding hydrogens is 327 g/mol. The molecule has 0 radical (unpaired) electrons. The molecule has 0 bridgehead atoms. The highest BCUT2D eigenvalue weighted by Gasteiger charge is 2.50. The topological polar surface area (TPSA) is 47.9 Å². The minimum atomic E-state index is -0.670. The molecule has 1 atom stereocenters. The lowest BCUT2D eigenvalue weighted by molar-refractivity contribution is 0.00578. The summed E-state index contributed by atoms with van der Waals surface area (Å²) in [6.45, 7) is 10.3. The number of rotatable bonds is 8. The molecule has 1 aliphatic heterocycles. The molecule has 1 aliphatic rings. The second-order valence-corrected chi connectivity index (χ2v) is 8.00. The SMILES string of the molecule is CCCCC/C(=C\B1OC(C)(C)C(C)(C)O1)C(O)c1ccc(OC)cc1. The number of hydrogen-bond acceptors (Lipinski definition) is 4. The smallest absolute Gasteiger partial charge is 0.487 e. The highest BCUT2D eigenvalue weighted by molar-refractivity contribution is 6.51. The number of ether oxygens (including phenoxy) is 1. The lowest BCUT2D eigenvalue weighted by Crippen LogP contribution is -2.41. The van der Waals surface area contributed by atoms with Gasteiger partial charge in [-0.25, -0.2) is 0 Å². The summed E-state index contributed by atoms with van der Waals surface area (Å²) in [6, 6.07) is 7.55. The van der Waals surface area contributed by atoms with Gasteiger partial charge < -0.3 is 19.2 Å². The van der Waals surface area contributed by atoms with E-state index in [0.717, 1.165) is 42.6 Å². The molecule has 1 heterocycles. The molecule has 0 amide bonds. The number of benzene rings is 1. The predicted octanol–water partition coefficient (Wildman–Crippen LogP) is 4.87. The maximum atomic E-state index is 10.9. The molecule has 0 aromatic heterocycles. The molecule has 144 valence electrons. The van der Waals surface area contributed by atoms with E-state index in [2.05, 4.69) is 6.92 Å². The average molecular weight is 360 g/mol. The molecule has 0 spiro atoms. The van der Waals surface area contributed by atoms with Gasteiger partial charge in [-0.1, -0.05) is 37.9 Å². The van der Waals surface area contributed by atoms with Gasteiger partial charge in [0.05, 0.1) is 24.4 Å². The molecule has 1 fully saturated rings. The first-order valence-electron chi connectivity index (χ1n) is 9.58. The lowest BCUT2D eigenvalue weighted by Gasteiger charge is -2.32. The van der Waals surface area contributed by atoms with Crippen molar-refractivity contribution in [2.45, 2.75) is 77.6 Å². The van der Waals surface area contributed by atoms with E-state index < -0.39 is 13.2 Å². The number of unbranched alkanes of at least 4 members (excludes halogenated alkanes) is 2. The molecule has 1 unspecified atom stereocenters. The average Bonchev–Trinajstić information content (AvgIpc) is 2.80. The summed E-state index contributed by atoms with van der Waals surface area (Å²) < 4.78 is 17.4. The monoisotopic (exact) mass is 360 g/mol. The normalized spacial score (nSPS) is 20.3. The summed E-state index contributed by atoms with van der Waals surface area (Å²) in [4.78, 5) is 0. The third-order valence-electron chi connectivity index (χ3n) is 5.47. The van der Waals surface area contributed by atoms with Gasteiger partial charge in [-0.15, -0.1) is 0 Å². The van der Waals surface area contributed by atoms with E-state index in [4.69, 9.17) is 14.0 Å². The van der Waals surface area contributed by atoms with Crippen LogP contribution in [0.1, 0.15) is 72.0 Å². The van der Waals surface area contributed by atoms with Crippen LogP contribution in [0.4, 0.5) is 0 Å². The Morgan fingerprint density at radius 3 is 2.19 bits per heavy atom. The third-order valence-corrected chi connectivity index (χ3v) is 5.47. The fourth-order valence-electron chi connectivity index (χ4n) is 3.02. The van der Waals surface area contributed by atoms with Crippen LogP contribution in [0.2, 0.25) is 0 Å². The molecule has 2 rings (SSSR count). The van der Waals surface area contributed by atoms with Crippen molar-refractivity contribution in [3.63, 3.8) is 0 Å². The van der Waals surface area contributed by atoms with Crippen LogP contribution in [-0.4, -0.2) is 30.5 Å². The Balaban J connectivity index is 2.21. The summed E-state index contributed by atoms with van der Waals surface area (Å²) in [5, 5.41) is 10.9. The second-order valence-electron chi connectivity index (χ2n) is 8.00. The van der Waals surface area contributed by atoms with Gasteiger partial charge in [0, 0.05) is 0 Å². The van der Waals surface area contributed by atoms with Crippen molar-refractivity contribution in [2.75, 3.05) is 7.11 Å². The molecule has 1 aromatic carbocycles. The molecule has 1 aromatic rings. The van der Waals surface area contributed by atoms with Crippen molar-refractivity contribution in [3.8, 4) is 5.75 Å². The lowest BCUT2D eigenvalue weighted by atomic mass is 9.82. The fraction of sp³-hybridized carbons (Fsp3) is 0.619. The van der Waals surface area contributed by atoms with Crippen molar-refractivity contribution in [1.82, 2.24) is 0 Å². The van der Waals surface area contributed by atoms with E-state index in [0.29, 0.717) is 0 Å². The van der Waals surface area contributed by atoms with Crippen molar-refractivity contribution >= 4 is 7.12 Å². The highest BCUT2D eigenvalue weighted by atomic mass is 16.7. The molecule has 4 nitrogen and oxygen atoms in total. The molecule has 5 heteroatoms. The van der Waals surface area contributed by atoms with Crippen LogP contribution in [0, 0.1) is 0 Å². The number of hydrogen-bond donors (Lipinski definition) is 1. The van der Waals surface area contributed by atoms with Crippen LogP contribution >= 0.6 is 0 Å². The first kappa shape index (κ1) is 21.0. The standard InChI is InChI=1S/C21H33BO4/c1-7-8-9-10-17(15-22-25-20(2,3)21(4,5)26-22)19(23)16-11-13-18(24-6)14-12-16/h11-15,19,23H,7-10H2,1-6H3/b17-15+. The maximum Gasteiger partial charge on any atom is 0.487 e. The molecule has 0 saturated carbocycles. The van der Waals surface area contributed by atoms with Crippen LogP contribution in [0.3, 0.4) is 0 Å². The van der Waals surface area contributed by atoms with E-state index in [-0.39, 0.29) is 11.2 Å². The van der Waals surface area contributed by atoms with Crippen LogP contribution in [0.15, 0.2) is 35.8 Å². The van der Waals surface area contributed by atoms with Gasteiger partial charge >= 0.3 is 7.12 Å². The largest absolute Gasteiger partial charge is 0.497 e. The van der Waals surface area contributed by atoms with Gasteiger partial charge in [0.2, 0.25) is 0 Å². The Morgan fingerprint density at radius 2 is 1.69 bits per heavy atom. The van der Waals surface area contributed by atoms with Crippen molar-refractivity contribution in [1.29, 1.82) is 0 Å². The minimum Gasteiger partial charge on any atom is -0.497 e.